The van der Waals surface area contributed by atoms with Gasteiger partial charge in [-0.25, -0.2) is 0 Å². The second-order valence-electron chi connectivity index (χ2n) is 2.77. The third-order valence-electron chi connectivity index (χ3n) is 1.70. The van der Waals surface area contributed by atoms with Crippen LogP contribution >= 0.6 is 22.6 Å². The number of aryl methyl sites for hydroxylation is 1. The van der Waals surface area contributed by atoms with Gasteiger partial charge in [-0.3, -0.25) is 4.98 Å². The number of halogens is 1. The van der Waals surface area contributed by atoms with E-state index in [1.54, 1.807) is 0 Å². The Morgan fingerprint density at radius 1 is 1.38 bits per heavy atom. The van der Waals surface area contributed by atoms with E-state index in [1.807, 2.05) is 12.3 Å². The molecule has 3 heteroatoms. The Morgan fingerprint density at radius 3 is 2.92 bits per heavy atom. The van der Waals surface area contributed by atoms with Crippen LogP contribution in [0.3, 0.4) is 0 Å². The number of hydrogen-bond acceptors (Lipinski definition) is 1. The van der Waals surface area contributed by atoms with Gasteiger partial charge < -0.3 is 0 Å². The Morgan fingerprint density at radius 2 is 2.15 bits per heavy atom. The predicted molar refractivity (Wildman–Crippen MR) is 58.0 cm³/mol. The number of hydrogen-bond donors (Lipinski definition) is 0. The van der Waals surface area contributed by atoms with E-state index < -0.39 is 0 Å². The van der Waals surface area contributed by atoms with E-state index in [9.17, 15) is 0 Å². The molecule has 1 aromatic carbocycles. The van der Waals surface area contributed by atoms with Gasteiger partial charge in [-0.05, 0) is 28.1 Å². The van der Waals surface area contributed by atoms with Crippen LogP contribution in [0.25, 0.3) is 10.9 Å². The molecule has 65 valence electrons. The summed E-state index contributed by atoms with van der Waals surface area (Å²) in [7, 11) is 0. The fourth-order valence-corrected chi connectivity index (χ4v) is 1.63. The predicted octanol–water partition coefficient (Wildman–Crippen LogP) is 2.95. The average Bonchev–Trinajstić information content (AvgIpc) is 2.03. The molecule has 0 atom stereocenters. The van der Waals surface area contributed by atoms with E-state index in [4.69, 9.17) is 0 Å². The normalized spacial score (nSPS) is 9.69. The van der Waals surface area contributed by atoms with Crippen LogP contribution in [0, 0.1) is 16.6 Å². The number of nitrogens with zero attached hydrogens (tertiary/aromatic N) is 1. The second kappa shape index (κ2) is 4.44. The van der Waals surface area contributed by atoms with Crippen molar-refractivity contribution in [2.45, 2.75) is 6.92 Å². The maximum atomic E-state index is 4.26. The molecule has 0 amide bonds. The largest absolute Gasteiger partial charge is 0.282 e. The summed E-state index contributed by atoms with van der Waals surface area (Å²) < 4.78 is 1.17. The van der Waals surface area contributed by atoms with Gasteiger partial charge >= 0.3 is 0 Å². The quantitative estimate of drug-likeness (QED) is 0.537. The maximum absolute atomic E-state index is 4.26. The van der Waals surface area contributed by atoms with Crippen LogP contribution < -0.4 is 0 Å². The first-order valence-electron chi connectivity index (χ1n) is 3.69. The first kappa shape index (κ1) is 11.0. The van der Waals surface area contributed by atoms with Crippen molar-refractivity contribution in [3.8, 4) is 0 Å². The van der Waals surface area contributed by atoms with Crippen molar-refractivity contribution in [3.05, 3.63) is 39.6 Å². The molecule has 0 spiro atoms. The Hall–Kier alpha value is -0.0556. The van der Waals surface area contributed by atoms with Crippen LogP contribution in [-0.2, 0) is 18.6 Å². The van der Waals surface area contributed by atoms with Crippen LogP contribution in [0.4, 0.5) is 0 Å². The van der Waals surface area contributed by atoms with Gasteiger partial charge in [-0.2, -0.15) is 23.8 Å². The molecule has 2 rings (SSSR count). The Bertz CT molecular complexity index is 391. The van der Waals surface area contributed by atoms with Gasteiger partial charge in [0, 0.05) is 28.3 Å². The van der Waals surface area contributed by atoms with Gasteiger partial charge in [0.2, 0.25) is 0 Å². The van der Waals surface area contributed by atoms with Crippen LogP contribution in [0.2, 0.25) is 0 Å². The third-order valence-corrected chi connectivity index (χ3v) is 2.29. The zero-order valence-electron chi connectivity index (χ0n) is 7.08. The van der Waals surface area contributed by atoms with Crippen LogP contribution in [0.5, 0.6) is 0 Å². The average molecular weight is 319 g/mol. The molecule has 0 bridgehead atoms. The zero-order valence-corrected chi connectivity index (χ0v) is 10.6. The molecule has 1 aromatic heterocycles. The molecule has 0 aliphatic rings. The first-order chi connectivity index (χ1) is 5.75. The Labute approximate surface area is 103 Å². The summed E-state index contributed by atoms with van der Waals surface area (Å²) in [6, 6.07) is 9.34. The van der Waals surface area contributed by atoms with Crippen molar-refractivity contribution in [2.75, 3.05) is 0 Å². The van der Waals surface area contributed by atoms with E-state index in [0.717, 1.165) is 5.52 Å². The van der Waals surface area contributed by atoms with Crippen molar-refractivity contribution in [3.63, 3.8) is 0 Å². The molecule has 2 aromatic rings. The minimum atomic E-state index is 0. The van der Waals surface area contributed by atoms with E-state index >= 15 is 0 Å². The summed E-state index contributed by atoms with van der Waals surface area (Å²) >= 11 is 2.26. The summed E-state index contributed by atoms with van der Waals surface area (Å²) in [5.74, 6) is 0. The SMILES string of the molecule is Cc1c[c-]c2ncc(I)cc2c1.[V]. The number of benzene rings is 1. The first-order valence-corrected chi connectivity index (χ1v) is 4.77. The fraction of sp³-hybridized carbons (Fsp3) is 0.100. The number of pyridine rings is 1. The maximum Gasteiger partial charge on any atom is 0.0372 e. The molecule has 0 saturated heterocycles. The topological polar surface area (TPSA) is 12.9 Å². The molecule has 1 heterocycles. The summed E-state index contributed by atoms with van der Waals surface area (Å²) in [5, 5.41) is 1.17. The van der Waals surface area contributed by atoms with E-state index in [2.05, 4.69) is 52.7 Å². The molecule has 0 N–H and O–H groups in total. The molecular weight excluding hydrogens is 312 g/mol. The summed E-state index contributed by atoms with van der Waals surface area (Å²) in [4.78, 5) is 4.26. The smallest absolute Gasteiger partial charge is 0.0372 e. The Balaban J connectivity index is 0.000000845. The second-order valence-corrected chi connectivity index (χ2v) is 4.01. The zero-order chi connectivity index (χ0) is 8.55. The minimum Gasteiger partial charge on any atom is -0.282 e. The Kier molecular flexibility index (Phi) is 3.77. The van der Waals surface area contributed by atoms with E-state index in [-0.39, 0.29) is 18.6 Å². The van der Waals surface area contributed by atoms with E-state index in [1.165, 1.54) is 14.5 Å². The molecule has 0 aliphatic heterocycles. The number of aromatic nitrogens is 1. The van der Waals surface area contributed by atoms with Crippen molar-refractivity contribution in [1.29, 1.82) is 0 Å². The molecule has 0 unspecified atom stereocenters. The molecule has 1 nitrogen and oxygen atoms in total. The van der Waals surface area contributed by atoms with Gasteiger partial charge in [0.05, 0.1) is 0 Å². The summed E-state index contributed by atoms with van der Waals surface area (Å²) in [6.07, 6.45) is 1.86. The summed E-state index contributed by atoms with van der Waals surface area (Å²) in [6.45, 7) is 2.07. The molecule has 13 heavy (non-hydrogen) atoms. The molecule has 0 aliphatic carbocycles. The van der Waals surface area contributed by atoms with Crippen molar-refractivity contribution in [2.24, 2.45) is 0 Å². The minimum absolute atomic E-state index is 0. The van der Waals surface area contributed by atoms with Crippen molar-refractivity contribution < 1.29 is 18.6 Å². The van der Waals surface area contributed by atoms with Crippen LogP contribution in [0.15, 0.2) is 24.4 Å². The standard InChI is InChI=1S/C10H7IN.V/c1-7-2-3-10-8(4-7)5-9(11)6-12-10;/h2,4-6H,1H3;/q-1;. The third kappa shape index (κ3) is 2.45. The molecule has 1 radical (unpaired) electrons. The van der Waals surface area contributed by atoms with Crippen LogP contribution in [0.1, 0.15) is 5.56 Å². The molecule has 0 saturated carbocycles. The van der Waals surface area contributed by atoms with Gasteiger partial charge in [-0.15, -0.1) is 5.39 Å². The van der Waals surface area contributed by atoms with Gasteiger partial charge in [-0.1, -0.05) is 13.0 Å². The number of fused-ring (bicyclic) bond motifs is 1. The summed E-state index contributed by atoms with van der Waals surface area (Å²) in [5.41, 5.74) is 2.17. The van der Waals surface area contributed by atoms with Gasteiger partial charge in [0.25, 0.3) is 0 Å². The van der Waals surface area contributed by atoms with E-state index in [0.29, 0.717) is 0 Å². The monoisotopic (exact) mass is 319 g/mol. The van der Waals surface area contributed by atoms with Crippen molar-refractivity contribution in [1.82, 2.24) is 4.98 Å². The number of rotatable bonds is 0. The van der Waals surface area contributed by atoms with Crippen molar-refractivity contribution >= 4 is 33.5 Å². The van der Waals surface area contributed by atoms with Gasteiger partial charge in [0.15, 0.2) is 0 Å². The fourth-order valence-electron chi connectivity index (χ4n) is 1.15. The molecule has 0 fully saturated rings. The van der Waals surface area contributed by atoms with Gasteiger partial charge in [0.1, 0.15) is 0 Å². The molecular formula is C10H7INV-. The van der Waals surface area contributed by atoms with Crippen LogP contribution in [-0.4, -0.2) is 4.98 Å².